The molecule has 3 rings (SSSR count). The molecule has 0 spiro atoms. The molecule has 1 saturated heterocycles. The molecular formula is C20H26N2O4S2. The molecule has 28 heavy (non-hydrogen) atoms. The summed E-state index contributed by atoms with van der Waals surface area (Å²) in [5.41, 5.74) is 1.86. The van der Waals surface area contributed by atoms with Crippen LogP contribution in [0.25, 0.3) is 0 Å². The van der Waals surface area contributed by atoms with Crippen LogP contribution in [-0.4, -0.2) is 36.2 Å². The van der Waals surface area contributed by atoms with Gasteiger partial charge in [-0.2, -0.15) is 0 Å². The summed E-state index contributed by atoms with van der Waals surface area (Å²) in [7, 11) is -7.50. The lowest BCUT2D eigenvalue weighted by Gasteiger charge is -2.24. The molecule has 152 valence electrons. The molecule has 0 bridgehead atoms. The largest absolute Gasteiger partial charge is 0.371 e. The van der Waals surface area contributed by atoms with E-state index in [9.17, 15) is 16.8 Å². The Morgan fingerprint density at radius 3 is 2.04 bits per heavy atom. The standard InChI is InChI=1S/C20H26N2O4S2/c1-16-7-10-18(11-8-16)28(25,26)21-19-15-17(9-12-20(19)27(2,23)24)22-13-5-3-4-6-14-22/h7-12,15,21H,3-6,13-14H2,1-2H3. The van der Waals surface area contributed by atoms with Gasteiger partial charge < -0.3 is 4.90 Å². The Balaban J connectivity index is 2.01. The summed E-state index contributed by atoms with van der Waals surface area (Å²) < 4.78 is 52.6. The Morgan fingerprint density at radius 2 is 1.46 bits per heavy atom. The number of nitrogens with zero attached hydrogens (tertiary/aromatic N) is 1. The van der Waals surface area contributed by atoms with Gasteiger partial charge in [0.2, 0.25) is 0 Å². The minimum absolute atomic E-state index is 0.0261. The quantitative estimate of drug-likeness (QED) is 0.796. The van der Waals surface area contributed by atoms with Gasteiger partial charge in [0.1, 0.15) is 0 Å². The molecule has 1 fully saturated rings. The summed E-state index contributed by atoms with van der Waals surface area (Å²) in [5, 5.41) is 0. The summed E-state index contributed by atoms with van der Waals surface area (Å²) in [5.74, 6) is 0. The fourth-order valence-electron chi connectivity index (χ4n) is 3.37. The molecule has 2 aromatic rings. The lowest BCUT2D eigenvalue weighted by molar-refractivity contribution is 0.601. The van der Waals surface area contributed by atoms with Gasteiger partial charge in [0.15, 0.2) is 9.84 Å². The fraction of sp³-hybridized carbons (Fsp3) is 0.400. The van der Waals surface area contributed by atoms with Gasteiger partial charge in [-0.3, -0.25) is 4.72 Å². The first-order valence-corrected chi connectivity index (χ1v) is 12.7. The molecule has 6 nitrogen and oxygen atoms in total. The average molecular weight is 423 g/mol. The van der Waals surface area contributed by atoms with E-state index in [-0.39, 0.29) is 15.5 Å². The molecule has 8 heteroatoms. The van der Waals surface area contributed by atoms with E-state index >= 15 is 0 Å². The molecule has 0 radical (unpaired) electrons. The second-order valence-corrected chi connectivity index (χ2v) is 10.9. The number of hydrogen-bond donors (Lipinski definition) is 1. The summed E-state index contributed by atoms with van der Waals surface area (Å²) in [6.07, 6.45) is 5.56. The molecular weight excluding hydrogens is 396 g/mol. The molecule has 1 heterocycles. The molecule has 1 aliphatic heterocycles. The highest BCUT2D eigenvalue weighted by molar-refractivity contribution is 7.93. The first kappa shape index (κ1) is 20.7. The van der Waals surface area contributed by atoms with Crippen molar-refractivity contribution in [1.29, 1.82) is 0 Å². The summed E-state index contributed by atoms with van der Waals surface area (Å²) in [6.45, 7) is 3.63. The first-order chi connectivity index (χ1) is 13.2. The Bertz CT molecular complexity index is 1040. The van der Waals surface area contributed by atoms with Crippen LogP contribution in [0, 0.1) is 6.92 Å². The predicted octanol–water partition coefficient (Wildman–Crippen LogP) is 3.58. The maximum atomic E-state index is 12.8. The van der Waals surface area contributed by atoms with E-state index in [1.54, 1.807) is 24.3 Å². The number of benzene rings is 2. The van der Waals surface area contributed by atoms with E-state index in [0.29, 0.717) is 0 Å². The predicted molar refractivity (Wildman–Crippen MR) is 112 cm³/mol. The van der Waals surface area contributed by atoms with Gasteiger partial charge >= 0.3 is 0 Å². The molecule has 0 unspecified atom stereocenters. The van der Waals surface area contributed by atoms with Gasteiger partial charge in [0.05, 0.1) is 15.5 Å². The fourth-order valence-corrected chi connectivity index (χ4v) is 5.33. The lowest BCUT2D eigenvalue weighted by atomic mass is 10.2. The zero-order valence-electron chi connectivity index (χ0n) is 16.2. The van der Waals surface area contributed by atoms with Crippen LogP contribution in [0.4, 0.5) is 11.4 Å². The molecule has 0 aliphatic carbocycles. The highest BCUT2D eigenvalue weighted by Gasteiger charge is 2.22. The minimum Gasteiger partial charge on any atom is -0.371 e. The van der Waals surface area contributed by atoms with Gasteiger partial charge in [-0.25, -0.2) is 16.8 Å². The number of nitrogens with one attached hydrogen (secondary N) is 1. The topological polar surface area (TPSA) is 83.6 Å². The van der Waals surface area contributed by atoms with Gasteiger partial charge in [0.25, 0.3) is 10.0 Å². The van der Waals surface area contributed by atoms with Crippen LogP contribution >= 0.6 is 0 Å². The van der Waals surface area contributed by atoms with Gasteiger partial charge in [-0.1, -0.05) is 30.5 Å². The Labute approximate surface area is 167 Å². The third kappa shape index (κ3) is 4.86. The highest BCUT2D eigenvalue weighted by atomic mass is 32.2. The minimum atomic E-state index is -3.90. The number of hydrogen-bond acceptors (Lipinski definition) is 5. The Hall–Kier alpha value is -2.06. The number of aryl methyl sites for hydroxylation is 1. The van der Waals surface area contributed by atoms with E-state index in [2.05, 4.69) is 9.62 Å². The normalized spacial score (nSPS) is 15.9. The second-order valence-electron chi connectivity index (χ2n) is 7.27. The van der Waals surface area contributed by atoms with E-state index in [1.165, 1.54) is 31.0 Å². The molecule has 2 aromatic carbocycles. The SMILES string of the molecule is Cc1ccc(S(=O)(=O)Nc2cc(N3CCCCCC3)ccc2S(C)(=O)=O)cc1. The number of sulfone groups is 1. The van der Waals surface area contributed by atoms with Crippen LogP contribution in [0.1, 0.15) is 31.2 Å². The van der Waals surface area contributed by atoms with Crippen molar-refractivity contribution in [3.63, 3.8) is 0 Å². The number of rotatable bonds is 5. The van der Waals surface area contributed by atoms with Crippen LogP contribution < -0.4 is 9.62 Å². The van der Waals surface area contributed by atoms with Gasteiger partial charge in [-0.15, -0.1) is 0 Å². The number of sulfonamides is 1. The van der Waals surface area contributed by atoms with Crippen LogP contribution in [-0.2, 0) is 19.9 Å². The maximum Gasteiger partial charge on any atom is 0.261 e. The molecule has 1 aliphatic rings. The smallest absolute Gasteiger partial charge is 0.261 e. The first-order valence-electron chi connectivity index (χ1n) is 9.35. The molecule has 1 N–H and O–H groups in total. The van der Waals surface area contributed by atoms with Gasteiger partial charge in [0, 0.05) is 25.0 Å². The third-order valence-corrected chi connectivity index (χ3v) is 7.45. The van der Waals surface area contributed by atoms with Gasteiger partial charge in [-0.05, 0) is 50.1 Å². The zero-order chi connectivity index (χ0) is 20.4. The molecule has 0 atom stereocenters. The van der Waals surface area contributed by atoms with Crippen LogP contribution in [0.15, 0.2) is 52.3 Å². The van der Waals surface area contributed by atoms with Crippen molar-refractivity contribution in [3.05, 3.63) is 48.0 Å². The molecule has 0 amide bonds. The van der Waals surface area contributed by atoms with Crippen molar-refractivity contribution >= 4 is 31.2 Å². The third-order valence-electron chi connectivity index (χ3n) is 4.91. The summed E-state index contributed by atoms with van der Waals surface area (Å²) in [4.78, 5) is 2.25. The van der Waals surface area contributed by atoms with Crippen molar-refractivity contribution in [3.8, 4) is 0 Å². The summed E-state index contributed by atoms with van der Waals surface area (Å²) in [6, 6.07) is 11.3. The molecule has 0 saturated carbocycles. The van der Waals surface area contributed by atoms with Crippen LogP contribution in [0.5, 0.6) is 0 Å². The van der Waals surface area contributed by atoms with E-state index in [1.807, 2.05) is 6.92 Å². The van der Waals surface area contributed by atoms with E-state index in [0.717, 1.165) is 43.4 Å². The monoisotopic (exact) mass is 422 g/mol. The van der Waals surface area contributed by atoms with Crippen molar-refractivity contribution in [2.24, 2.45) is 0 Å². The van der Waals surface area contributed by atoms with Crippen LogP contribution in [0.3, 0.4) is 0 Å². The lowest BCUT2D eigenvalue weighted by Crippen LogP contribution is -2.24. The molecule has 0 aromatic heterocycles. The van der Waals surface area contributed by atoms with Crippen molar-refractivity contribution in [2.45, 2.75) is 42.4 Å². The Kier molecular flexibility index (Phi) is 6.00. The van der Waals surface area contributed by atoms with E-state index in [4.69, 9.17) is 0 Å². The van der Waals surface area contributed by atoms with Crippen molar-refractivity contribution in [1.82, 2.24) is 0 Å². The van der Waals surface area contributed by atoms with Crippen molar-refractivity contribution < 1.29 is 16.8 Å². The maximum absolute atomic E-state index is 12.8. The summed E-state index contributed by atoms with van der Waals surface area (Å²) >= 11 is 0. The second kappa shape index (κ2) is 8.13. The Morgan fingerprint density at radius 1 is 0.857 bits per heavy atom. The zero-order valence-corrected chi connectivity index (χ0v) is 17.8. The number of anilines is 2. The van der Waals surface area contributed by atoms with Crippen molar-refractivity contribution in [2.75, 3.05) is 29.0 Å². The highest BCUT2D eigenvalue weighted by Crippen LogP contribution is 2.30. The van der Waals surface area contributed by atoms with Crippen LogP contribution in [0.2, 0.25) is 0 Å². The average Bonchev–Trinajstić information content (AvgIpc) is 2.90. The van der Waals surface area contributed by atoms with E-state index < -0.39 is 19.9 Å².